The first-order valence-corrected chi connectivity index (χ1v) is 11.4. The highest BCUT2D eigenvalue weighted by Gasteiger charge is 2.26. The Hall–Kier alpha value is -4.65. The van der Waals surface area contributed by atoms with Gasteiger partial charge >= 0.3 is 0 Å². The van der Waals surface area contributed by atoms with Gasteiger partial charge in [-0.1, -0.05) is 42.5 Å². The molecule has 36 heavy (non-hydrogen) atoms. The van der Waals surface area contributed by atoms with Crippen LogP contribution in [0, 0.1) is 5.82 Å². The van der Waals surface area contributed by atoms with Crippen molar-refractivity contribution in [2.45, 2.75) is 13.2 Å². The lowest BCUT2D eigenvalue weighted by atomic mass is 10.1. The van der Waals surface area contributed by atoms with Gasteiger partial charge in [-0.05, 0) is 65.7 Å². The van der Waals surface area contributed by atoms with Crippen LogP contribution in [0.15, 0.2) is 97.1 Å². The molecule has 0 saturated heterocycles. The third-order valence-corrected chi connectivity index (χ3v) is 5.78. The lowest BCUT2D eigenvalue weighted by Gasteiger charge is -2.29. The SMILES string of the molecule is O=C(Nc1ccc(OCc2ccccc2)cc1)c1ccc2c(c1)OCC(=O)N2Cc1ccc(F)cc1. The Balaban J connectivity index is 1.24. The second-order valence-corrected chi connectivity index (χ2v) is 8.33. The summed E-state index contributed by atoms with van der Waals surface area (Å²) >= 11 is 0. The van der Waals surface area contributed by atoms with Gasteiger partial charge in [-0.2, -0.15) is 0 Å². The van der Waals surface area contributed by atoms with Crippen LogP contribution in [0.2, 0.25) is 0 Å². The van der Waals surface area contributed by atoms with Gasteiger partial charge in [-0.3, -0.25) is 9.59 Å². The van der Waals surface area contributed by atoms with Crippen LogP contribution >= 0.6 is 0 Å². The molecule has 0 saturated carbocycles. The van der Waals surface area contributed by atoms with E-state index in [0.29, 0.717) is 35.0 Å². The van der Waals surface area contributed by atoms with E-state index < -0.39 is 0 Å². The van der Waals surface area contributed by atoms with Crippen LogP contribution in [0.4, 0.5) is 15.8 Å². The van der Waals surface area contributed by atoms with E-state index >= 15 is 0 Å². The van der Waals surface area contributed by atoms with E-state index in [1.54, 1.807) is 59.5 Å². The molecule has 2 amide bonds. The standard InChI is InChI=1S/C29H23FN2O4/c30-23-9-6-20(7-10-23)17-32-26-15-8-22(16-27(26)36-19-28(32)33)29(34)31-24-11-13-25(14-12-24)35-18-21-4-2-1-3-5-21/h1-16H,17-19H2,(H,31,34). The van der Waals surface area contributed by atoms with E-state index in [0.717, 1.165) is 11.1 Å². The second-order valence-electron chi connectivity index (χ2n) is 8.33. The average molecular weight is 483 g/mol. The summed E-state index contributed by atoms with van der Waals surface area (Å²) in [5.41, 5.74) is 3.44. The number of halogens is 1. The molecule has 4 aromatic rings. The molecule has 0 unspecified atom stereocenters. The number of carbonyl (C=O) groups excluding carboxylic acids is 2. The predicted octanol–water partition coefficient (Wildman–Crippen LogP) is 5.58. The maximum Gasteiger partial charge on any atom is 0.265 e. The second kappa shape index (κ2) is 10.3. The lowest BCUT2D eigenvalue weighted by Crippen LogP contribution is -2.38. The normalized spacial score (nSPS) is 12.5. The average Bonchev–Trinajstić information content (AvgIpc) is 2.91. The molecule has 0 spiro atoms. The molecular formula is C29H23FN2O4. The van der Waals surface area contributed by atoms with E-state index in [4.69, 9.17) is 9.47 Å². The van der Waals surface area contributed by atoms with Gasteiger partial charge in [0.1, 0.15) is 23.9 Å². The fraction of sp³-hybridized carbons (Fsp3) is 0.103. The Morgan fingerprint density at radius 1 is 0.917 bits per heavy atom. The number of carbonyl (C=O) groups is 2. The number of nitrogens with one attached hydrogen (secondary N) is 1. The Morgan fingerprint density at radius 3 is 2.42 bits per heavy atom. The summed E-state index contributed by atoms with van der Waals surface area (Å²) in [4.78, 5) is 26.9. The minimum atomic E-state index is -0.336. The zero-order valence-electron chi connectivity index (χ0n) is 19.3. The molecule has 180 valence electrons. The number of rotatable bonds is 7. The summed E-state index contributed by atoms with van der Waals surface area (Å²) in [6.45, 7) is 0.603. The summed E-state index contributed by atoms with van der Waals surface area (Å²) < 4.78 is 24.6. The van der Waals surface area contributed by atoms with Crippen molar-refractivity contribution < 1.29 is 23.5 Å². The van der Waals surface area contributed by atoms with Gasteiger partial charge in [0, 0.05) is 11.3 Å². The maximum absolute atomic E-state index is 13.2. The molecule has 4 aromatic carbocycles. The van der Waals surface area contributed by atoms with Gasteiger partial charge in [0.05, 0.1) is 12.2 Å². The van der Waals surface area contributed by atoms with Crippen LogP contribution in [0.3, 0.4) is 0 Å². The molecule has 1 aliphatic heterocycles. The highest BCUT2D eigenvalue weighted by atomic mass is 19.1. The molecule has 0 aromatic heterocycles. The van der Waals surface area contributed by atoms with Crippen LogP contribution in [-0.2, 0) is 17.9 Å². The van der Waals surface area contributed by atoms with Gasteiger partial charge in [0.25, 0.3) is 11.8 Å². The molecule has 0 fully saturated rings. The smallest absolute Gasteiger partial charge is 0.265 e. The Morgan fingerprint density at radius 2 is 1.67 bits per heavy atom. The molecule has 5 rings (SSSR count). The number of hydrogen-bond donors (Lipinski definition) is 1. The fourth-order valence-corrected chi connectivity index (χ4v) is 3.87. The third kappa shape index (κ3) is 5.36. The first-order valence-electron chi connectivity index (χ1n) is 11.4. The van der Waals surface area contributed by atoms with E-state index in [1.807, 2.05) is 30.3 Å². The zero-order chi connectivity index (χ0) is 24.9. The Bertz CT molecular complexity index is 1370. The summed E-state index contributed by atoms with van der Waals surface area (Å²) in [6.07, 6.45) is 0. The van der Waals surface area contributed by atoms with Crippen molar-refractivity contribution in [3.63, 3.8) is 0 Å². The van der Waals surface area contributed by atoms with Crippen molar-refractivity contribution in [3.05, 3.63) is 120 Å². The first-order chi connectivity index (χ1) is 17.5. The van der Waals surface area contributed by atoms with Crippen LogP contribution in [-0.4, -0.2) is 18.4 Å². The van der Waals surface area contributed by atoms with E-state index in [9.17, 15) is 14.0 Å². The number of fused-ring (bicyclic) bond motifs is 1. The van der Waals surface area contributed by atoms with E-state index in [-0.39, 0.29) is 30.8 Å². The number of hydrogen-bond acceptors (Lipinski definition) is 4. The molecule has 0 radical (unpaired) electrons. The number of amides is 2. The van der Waals surface area contributed by atoms with Crippen molar-refractivity contribution in [2.24, 2.45) is 0 Å². The van der Waals surface area contributed by atoms with E-state index in [1.165, 1.54) is 12.1 Å². The molecule has 0 atom stereocenters. The molecule has 1 N–H and O–H groups in total. The van der Waals surface area contributed by atoms with E-state index in [2.05, 4.69) is 5.32 Å². The van der Waals surface area contributed by atoms with Gasteiger partial charge < -0.3 is 19.7 Å². The molecular weight excluding hydrogens is 459 g/mol. The maximum atomic E-state index is 13.2. The number of nitrogens with zero attached hydrogens (tertiary/aromatic N) is 1. The molecule has 1 aliphatic rings. The summed E-state index contributed by atoms with van der Waals surface area (Å²) in [6, 6.07) is 28.0. The highest BCUT2D eigenvalue weighted by molar-refractivity contribution is 6.06. The fourth-order valence-electron chi connectivity index (χ4n) is 3.87. The topological polar surface area (TPSA) is 67.9 Å². The Kier molecular flexibility index (Phi) is 6.62. The Labute approximate surface area is 207 Å². The molecule has 0 aliphatic carbocycles. The largest absolute Gasteiger partial charge is 0.489 e. The first kappa shape index (κ1) is 23.1. The van der Waals surface area contributed by atoms with Crippen LogP contribution in [0.25, 0.3) is 0 Å². The quantitative estimate of drug-likeness (QED) is 0.373. The van der Waals surface area contributed by atoms with Gasteiger partial charge in [0.15, 0.2) is 6.61 Å². The predicted molar refractivity (Wildman–Crippen MR) is 135 cm³/mol. The monoisotopic (exact) mass is 482 g/mol. The number of ether oxygens (including phenoxy) is 2. The molecule has 1 heterocycles. The molecule has 7 heteroatoms. The number of benzene rings is 4. The third-order valence-electron chi connectivity index (χ3n) is 5.78. The van der Waals surface area contributed by atoms with Crippen molar-refractivity contribution in [2.75, 3.05) is 16.8 Å². The summed E-state index contributed by atoms with van der Waals surface area (Å²) in [5, 5.41) is 2.87. The minimum absolute atomic E-state index is 0.135. The van der Waals surface area contributed by atoms with Gasteiger partial charge in [0.2, 0.25) is 0 Å². The van der Waals surface area contributed by atoms with Crippen LogP contribution in [0.1, 0.15) is 21.5 Å². The highest BCUT2D eigenvalue weighted by Crippen LogP contribution is 2.34. The minimum Gasteiger partial charge on any atom is -0.489 e. The lowest BCUT2D eigenvalue weighted by molar-refractivity contribution is -0.121. The summed E-state index contributed by atoms with van der Waals surface area (Å²) in [7, 11) is 0. The molecule has 6 nitrogen and oxygen atoms in total. The van der Waals surface area contributed by atoms with Crippen molar-refractivity contribution >= 4 is 23.2 Å². The van der Waals surface area contributed by atoms with Crippen LogP contribution in [0.5, 0.6) is 11.5 Å². The van der Waals surface area contributed by atoms with Crippen LogP contribution < -0.4 is 19.7 Å². The summed E-state index contributed by atoms with van der Waals surface area (Å²) in [5.74, 6) is 0.288. The van der Waals surface area contributed by atoms with Crippen molar-refractivity contribution in [1.82, 2.24) is 0 Å². The number of anilines is 2. The van der Waals surface area contributed by atoms with Crippen molar-refractivity contribution in [1.29, 1.82) is 0 Å². The van der Waals surface area contributed by atoms with Gasteiger partial charge in [-0.15, -0.1) is 0 Å². The van der Waals surface area contributed by atoms with Crippen molar-refractivity contribution in [3.8, 4) is 11.5 Å². The van der Waals surface area contributed by atoms with Gasteiger partial charge in [-0.25, -0.2) is 4.39 Å². The zero-order valence-corrected chi connectivity index (χ0v) is 19.3. The molecule has 0 bridgehead atoms.